The van der Waals surface area contributed by atoms with E-state index in [-0.39, 0.29) is 6.04 Å². The van der Waals surface area contributed by atoms with Crippen molar-refractivity contribution >= 4 is 15.9 Å². The Morgan fingerprint density at radius 3 is 2.47 bits per heavy atom. The van der Waals surface area contributed by atoms with Crippen LogP contribution < -0.4 is 16.0 Å². The van der Waals surface area contributed by atoms with E-state index in [0.29, 0.717) is 0 Å². The summed E-state index contributed by atoms with van der Waals surface area (Å²) in [7, 11) is 1.67. The fourth-order valence-corrected chi connectivity index (χ4v) is 2.33. The van der Waals surface area contributed by atoms with Crippen LogP contribution in [0.15, 0.2) is 53.0 Å². The van der Waals surface area contributed by atoms with Gasteiger partial charge in [-0.15, -0.1) is 0 Å². The Kier molecular flexibility index (Phi) is 4.96. The van der Waals surface area contributed by atoms with Crippen molar-refractivity contribution in [2.75, 3.05) is 7.11 Å². The first-order valence-corrected chi connectivity index (χ1v) is 6.87. The fourth-order valence-electron chi connectivity index (χ4n) is 2.07. The van der Waals surface area contributed by atoms with Crippen LogP contribution in [0.1, 0.15) is 17.2 Å². The topological polar surface area (TPSA) is 47.3 Å². The van der Waals surface area contributed by atoms with Crippen LogP contribution in [0.2, 0.25) is 0 Å². The van der Waals surface area contributed by atoms with Gasteiger partial charge in [0.15, 0.2) is 0 Å². The van der Waals surface area contributed by atoms with Crippen LogP contribution in [0.5, 0.6) is 5.75 Å². The van der Waals surface area contributed by atoms with E-state index in [1.165, 1.54) is 5.56 Å². The summed E-state index contributed by atoms with van der Waals surface area (Å²) in [6, 6.07) is 16.2. The number of rotatable bonds is 5. The predicted octanol–water partition coefficient (Wildman–Crippen LogP) is 3.20. The van der Waals surface area contributed by atoms with E-state index < -0.39 is 0 Å². The lowest BCUT2D eigenvalue weighted by Crippen LogP contribution is -2.29. The normalized spacial score (nSPS) is 12.2. The number of hydrazine groups is 1. The Labute approximate surface area is 121 Å². The summed E-state index contributed by atoms with van der Waals surface area (Å²) in [6.45, 7) is 0. The number of hydrogen-bond acceptors (Lipinski definition) is 3. The van der Waals surface area contributed by atoms with Crippen molar-refractivity contribution in [1.82, 2.24) is 5.43 Å². The highest BCUT2D eigenvalue weighted by Gasteiger charge is 2.14. The molecule has 0 radical (unpaired) electrons. The third-order valence-corrected chi connectivity index (χ3v) is 3.60. The van der Waals surface area contributed by atoms with Crippen LogP contribution >= 0.6 is 15.9 Å². The second kappa shape index (κ2) is 6.70. The van der Waals surface area contributed by atoms with Gasteiger partial charge in [-0.2, -0.15) is 0 Å². The monoisotopic (exact) mass is 320 g/mol. The summed E-state index contributed by atoms with van der Waals surface area (Å²) >= 11 is 3.44. The summed E-state index contributed by atoms with van der Waals surface area (Å²) < 4.78 is 6.46. The Balaban J connectivity index is 2.22. The van der Waals surface area contributed by atoms with E-state index in [2.05, 4.69) is 33.5 Å². The van der Waals surface area contributed by atoms with Gasteiger partial charge in [0.05, 0.1) is 13.2 Å². The molecule has 0 heterocycles. The van der Waals surface area contributed by atoms with Crippen molar-refractivity contribution in [3.63, 3.8) is 0 Å². The Morgan fingerprint density at radius 1 is 1.16 bits per heavy atom. The van der Waals surface area contributed by atoms with Crippen molar-refractivity contribution in [2.45, 2.75) is 12.5 Å². The number of benzene rings is 2. The molecule has 0 aliphatic rings. The lowest BCUT2D eigenvalue weighted by molar-refractivity contribution is 0.399. The minimum absolute atomic E-state index is 0.0253. The Bertz CT molecular complexity index is 528. The van der Waals surface area contributed by atoms with Gasteiger partial charge in [0.2, 0.25) is 0 Å². The van der Waals surface area contributed by atoms with Gasteiger partial charge in [-0.1, -0.05) is 46.3 Å². The van der Waals surface area contributed by atoms with Gasteiger partial charge in [0.25, 0.3) is 0 Å². The molecule has 0 saturated carbocycles. The maximum Gasteiger partial charge on any atom is 0.123 e. The molecular formula is C15H17BrN2O. The maximum atomic E-state index is 5.69. The van der Waals surface area contributed by atoms with Gasteiger partial charge < -0.3 is 4.74 Å². The number of nitrogens with two attached hydrogens (primary N) is 1. The number of halogens is 1. The molecule has 0 saturated heterocycles. The Hall–Kier alpha value is -1.36. The summed E-state index contributed by atoms with van der Waals surface area (Å²) in [6.07, 6.45) is 0.810. The molecule has 2 rings (SSSR count). The molecule has 0 bridgehead atoms. The Morgan fingerprint density at radius 2 is 1.84 bits per heavy atom. The molecule has 2 aromatic carbocycles. The molecule has 0 aromatic heterocycles. The highest BCUT2D eigenvalue weighted by Crippen LogP contribution is 2.27. The van der Waals surface area contributed by atoms with Gasteiger partial charge in [0.1, 0.15) is 5.75 Å². The van der Waals surface area contributed by atoms with Gasteiger partial charge in [0, 0.05) is 10.0 Å². The first-order chi connectivity index (χ1) is 9.24. The lowest BCUT2D eigenvalue weighted by Gasteiger charge is -2.19. The predicted molar refractivity (Wildman–Crippen MR) is 80.9 cm³/mol. The molecule has 0 aliphatic heterocycles. The first kappa shape index (κ1) is 14.1. The number of hydrogen-bond donors (Lipinski definition) is 2. The zero-order chi connectivity index (χ0) is 13.7. The maximum absolute atomic E-state index is 5.69. The molecule has 0 amide bonds. The standard InChI is InChI=1S/C15H17BrN2O/c1-19-15-5-3-2-4-13(15)14(18-17)10-11-6-8-12(16)9-7-11/h2-9,14,18H,10,17H2,1H3. The second-order valence-corrected chi connectivity index (χ2v) is 5.21. The number of methoxy groups -OCH3 is 1. The van der Waals surface area contributed by atoms with Gasteiger partial charge in [-0.25, -0.2) is 0 Å². The van der Waals surface area contributed by atoms with Gasteiger partial charge in [-0.05, 0) is 30.2 Å². The van der Waals surface area contributed by atoms with Crippen LogP contribution in [0.3, 0.4) is 0 Å². The summed E-state index contributed by atoms with van der Waals surface area (Å²) in [4.78, 5) is 0. The minimum atomic E-state index is 0.0253. The fraction of sp³-hybridized carbons (Fsp3) is 0.200. The molecular weight excluding hydrogens is 304 g/mol. The quantitative estimate of drug-likeness (QED) is 0.657. The van der Waals surface area contributed by atoms with Crippen LogP contribution in [-0.2, 0) is 6.42 Å². The second-order valence-electron chi connectivity index (χ2n) is 4.29. The van der Waals surface area contributed by atoms with Crippen LogP contribution in [-0.4, -0.2) is 7.11 Å². The van der Waals surface area contributed by atoms with Crippen LogP contribution in [0.4, 0.5) is 0 Å². The van der Waals surface area contributed by atoms with Crippen molar-refractivity contribution in [3.8, 4) is 5.75 Å². The average molecular weight is 321 g/mol. The first-order valence-electron chi connectivity index (χ1n) is 6.08. The third-order valence-electron chi connectivity index (χ3n) is 3.07. The molecule has 0 aliphatic carbocycles. The molecule has 0 fully saturated rings. The molecule has 1 unspecified atom stereocenters. The molecule has 3 N–H and O–H groups in total. The molecule has 100 valence electrons. The molecule has 19 heavy (non-hydrogen) atoms. The van der Waals surface area contributed by atoms with Crippen LogP contribution in [0.25, 0.3) is 0 Å². The number of para-hydroxylation sites is 1. The van der Waals surface area contributed by atoms with E-state index >= 15 is 0 Å². The third kappa shape index (κ3) is 3.56. The number of nitrogens with one attached hydrogen (secondary N) is 1. The van der Waals surface area contributed by atoms with E-state index in [0.717, 1.165) is 22.2 Å². The van der Waals surface area contributed by atoms with E-state index in [4.69, 9.17) is 10.6 Å². The van der Waals surface area contributed by atoms with Crippen molar-refractivity contribution in [1.29, 1.82) is 0 Å². The van der Waals surface area contributed by atoms with E-state index in [9.17, 15) is 0 Å². The molecule has 4 heteroatoms. The zero-order valence-electron chi connectivity index (χ0n) is 10.8. The largest absolute Gasteiger partial charge is 0.496 e. The SMILES string of the molecule is COc1ccccc1C(Cc1ccc(Br)cc1)NN. The minimum Gasteiger partial charge on any atom is -0.496 e. The highest BCUT2D eigenvalue weighted by molar-refractivity contribution is 9.10. The zero-order valence-corrected chi connectivity index (χ0v) is 12.4. The van der Waals surface area contributed by atoms with E-state index in [1.54, 1.807) is 7.11 Å². The molecule has 0 spiro atoms. The molecule has 2 aromatic rings. The van der Waals surface area contributed by atoms with Crippen molar-refractivity contribution < 1.29 is 4.74 Å². The summed E-state index contributed by atoms with van der Waals surface area (Å²) in [5.41, 5.74) is 5.15. The molecule has 3 nitrogen and oxygen atoms in total. The lowest BCUT2D eigenvalue weighted by atomic mass is 9.98. The average Bonchev–Trinajstić information content (AvgIpc) is 2.46. The number of ether oxygens (including phenoxy) is 1. The van der Waals surface area contributed by atoms with Gasteiger partial charge >= 0.3 is 0 Å². The van der Waals surface area contributed by atoms with Gasteiger partial charge in [-0.3, -0.25) is 11.3 Å². The van der Waals surface area contributed by atoms with Crippen LogP contribution in [0, 0.1) is 0 Å². The summed E-state index contributed by atoms with van der Waals surface area (Å²) in [5.74, 6) is 6.54. The molecule has 1 atom stereocenters. The van der Waals surface area contributed by atoms with E-state index in [1.807, 2.05) is 36.4 Å². The highest BCUT2D eigenvalue weighted by atomic mass is 79.9. The summed E-state index contributed by atoms with van der Waals surface area (Å²) in [5, 5.41) is 0. The van der Waals surface area contributed by atoms with Crippen molar-refractivity contribution in [3.05, 3.63) is 64.1 Å². The van der Waals surface area contributed by atoms with Crippen molar-refractivity contribution in [2.24, 2.45) is 5.84 Å². The smallest absolute Gasteiger partial charge is 0.123 e.